The lowest BCUT2D eigenvalue weighted by atomic mass is 10.2. The molecule has 3 rings (SSSR count). The van der Waals surface area contributed by atoms with Crippen molar-refractivity contribution >= 4 is 11.7 Å². The Bertz CT molecular complexity index is 455. The van der Waals surface area contributed by atoms with Crippen molar-refractivity contribution in [2.24, 2.45) is 0 Å². The second-order valence-corrected chi connectivity index (χ2v) is 5.28. The molecule has 1 aromatic rings. The van der Waals surface area contributed by atoms with Gasteiger partial charge in [0.2, 0.25) is 0 Å². The van der Waals surface area contributed by atoms with Crippen LogP contribution in [0.15, 0.2) is 12.1 Å². The fourth-order valence-electron chi connectivity index (χ4n) is 2.95. The number of aromatic nitrogens is 2. The van der Waals surface area contributed by atoms with E-state index in [2.05, 4.69) is 15.1 Å². The predicted molar refractivity (Wildman–Crippen MR) is 71.6 cm³/mol. The van der Waals surface area contributed by atoms with Crippen LogP contribution in [0.5, 0.6) is 0 Å². The Kier molecular flexibility index (Phi) is 3.33. The normalized spacial score (nSPS) is 24.0. The zero-order chi connectivity index (χ0) is 13.2. The third-order valence-corrected chi connectivity index (χ3v) is 4.01. The Labute approximate surface area is 112 Å². The maximum atomic E-state index is 12.3. The number of likely N-dealkylation sites (tertiary alicyclic amines) is 2. The molecule has 19 heavy (non-hydrogen) atoms. The summed E-state index contributed by atoms with van der Waals surface area (Å²) in [6.45, 7) is 3.97. The predicted octanol–water partition coefficient (Wildman–Crippen LogP) is 0.369. The van der Waals surface area contributed by atoms with E-state index in [0.29, 0.717) is 17.6 Å². The Morgan fingerprint density at radius 1 is 1.21 bits per heavy atom. The summed E-state index contributed by atoms with van der Waals surface area (Å²) < 4.78 is 0. The molecular weight excluding hydrogens is 242 g/mol. The first-order valence-corrected chi connectivity index (χ1v) is 6.86. The number of hydrogen-bond donors (Lipinski definition) is 1. The molecule has 0 bridgehead atoms. The number of nitrogen functional groups attached to an aromatic ring is 1. The van der Waals surface area contributed by atoms with Crippen LogP contribution in [0, 0.1) is 0 Å². The van der Waals surface area contributed by atoms with Crippen molar-refractivity contribution < 1.29 is 4.79 Å². The van der Waals surface area contributed by atoms with Gasteiger partial charge in [0.15, 0.2) is 5.69 Å². The summed E-state index contributed by atoms with van der Waals surface area (Å²) in [5, 5.41) is 7.60. The van der Waals surface area contributed by atoms with Crippen LogP contribution in [0.3, 0.4) is 0 Å². The lowest BCUT2D eigenvalue weighted by Crippen LogP contribution is -2.37. The molecule has 102 valence electrons. The van der Waals surface area contributed by atoms with Crippen molar-refractivity contribution in [2.75, 3.05) is 31.9 Å². The van der Waals surface area contributed by atoms with E-state index in [-0.39, 0.29) is 5.91 Å². The van der Waals surface area contributed by atoms with Gasteiger partial charge in [-0.25, -0.2) is 0 Å². The number of anilines is 1. The van der Waals surface area contributed by atoms with Gasteiger partial charge in [-0.3, -0.25) is 9.69 Å². The van der Waals surface area contributed by atoms with Gasteiger partial charge in [-0.05, 0) is 44.5 Å². The minimum Gasteiger partial charge on any atom is -0.382 e. The molecule has 0 aliphatic carbocycles. The summed E-state index contributed by atoms with van der Waals surface area (Å²) in [7, 11) is 0. The van der Waals surface area contributed by atoms with Gasteiger partial charge < -0.3 is 10.6 Å². The van der Waals surface area contributed by atoms with E-state index < -0.39 is 0 Å². The number of carbonyl (C=O) groups is 1. The Balaban J connectivity index is 1.63. The van der Waals surface area contributed by atoms with Gasteiger partial charge >= 0.3 is 0 Å². The second-order valence-electron chi connectivity index (χ2n) is 5.28. The number of amides is 1. The van der Waals surface area contributed by atoms with Gasteiger partial charge in [0.1, 0.15) is 5.82 Å². The lowest BCUT2D eigenvalue weighted by Gasteiger charge is -2.23. The van der Waals surface area contributed by atoms with Crippen LogP contribution in [0.1, 0.15) is 29.8 Å². The molecular formula is C13H19N5O. The fourth-order valence-corrected chi connectivity index (χ4v) is 2.95. The van der Waals surface area contributed by atoms with Gasteiger partial charge in [-0.1, -0.05) is 0 Å². The summed E-state index contributed by atoms with van der Waals surface area (Å²) in [6.07, 6.45) is 3.63. The van der Waals surface area contributed by atoms with Crippen LogP contribution in [0.2, 0.25) is 0 Å². The molecule has 2 saturated heterocycles. The van der Waals surface area contributed by atoms with Crippen molar-refractivity contribution in [3.63, 3.8) is 0 Å². The second kappa shape index (κ2) is 5.13. The molecule has 2 aliphatic heterocycles. The van der Waals surface area contributed by atoms with E-state index in [1.54, 1.807) is 12.1 Å². The van der Waals surface area contributed by atoms with Crippen molar-refractivity contribution in [3.8, 4) is 0 Å². The first-order valence-electron chi connectivity index (χ1n) is 6.86. The van der Waals surface area contributed by atoms with Gasteiger partial charge in [-0.15, -0.1) is 10.2 Å². The van der Waals surface area contributed by atoms with Crippen molar-refractivity contribution in [2.45, 2.75) is 25.3 Å². The summed E-state index contributed by atoms with van der Waals surface area (Å²) in [5.74, 6) is 0.308. The largest absolute Gasteiger partial charge is 0.382 e. The number of nitrogens with zero attached hydrogens (tertiary/aromatic N) is 4. The first kappa shape index (κ1) is 12.3. The highest BCUT2D eigenvalue weighted by Crippen LogP contribution is 2.21. The summed E-state index contributed by atoms with van der Waals surface area (Å²) in [4.78, 5) is 16.7. The number of carbonyl (C=O) groups excluding carboxylic acids is 1. The molecule has 1 aromatic heterocycles. The average Bonchev–Trinajstić information content (AvgIpc) is 3.10. The van der Waals surface area contributed by atoms with E-state index in [0.717, 1.165) is 19.5 Å². The maximum absolute atomic E-state index is 12.3. The topological polar surface area (TPSA) is 75.4 Å². The van der Waals surface area contributed by atoms with E-state index >= 15 is 0 Å². The van der Waals surface area contributed by atoms with Crippen LogP contribution >= 0.6 is 0 Å². The Hall–Kier alpha value is -1.69. The maximum Gasteiger partial charge on any atom is 0.274 e. The van der Waals surface area contributed by atoms with E-state index in [1.807, 2.05) is 4.90 Å². The van der Waals surface area contributed by atoms with Gasteiger partial charge in [0.05, 0.1) is 0 Å². The number of nitrogens with two attached hydrogens (primary N) is 1. The van der Waals surface area contributed by atoms with Crippen LogP contribution in [-0.4, -0.2) is 58.1 Å². The number of rotatable bonds is 2. The molecule has 1 amide bonds. The quantitative estimate of drug-likeness (QED) is 0.832. The third-order valence-electron chi connectivity index (χ3n) is 4.01. The molecule has 3 heterocycles. The third kappa shape index (κ3) is 2.53. The smallest absolute Gasteiger partial charge is 0.274 e. The molecule has 0 spiro atoms. The molecule has 1 atom stereocenters. The molecule has 6 nitrogen and oxygen atoms in total. The highest BCUT2D eigenvalue weighted by Gasteiger charge is 2.32. The Morgan fingerprint density at radius 3 is 2.68 bits per heavy atom. The van der Waals surface area contributed by atoms with Gasteiger partial charge in [-0.2, -0.15) is 0 Å². The molecule has 2 N–H and O–H groups in total. The van der Waals surface area contributed by atoms with Gasteiger partial charge in [0.25, 0.3) is 5.91 Å². The van der Waals surface area contributed by atoms with Crippen molar-refractivity contribution in [3.05, 3.63) is 17.8 Å². The minimum atomic E-state index is -0.0332. The number of hydrogen-bond acceptors (Lipinski definition) is 5. The average molecular weight is 261 g/mol. The lowest BCUT2D eigenvalue weighted by molar-refractivity contribution is 0.0773. The van der Waals surface area contributed by atoms with E-state index in [1.165, 1.54) is 25.9 Å². The summed E-state index contributed by atoms with van der Waals surface area (Å²) in [5.41, 5.74) is 5.87. The fraction of sp³-hybridized carbons (Fsp3) is 0.615. The molecule has 2 fully saturated rings. The van der Waals surface area contributed by atoms with Crippen LogP contribution in [0.25, 0.3) is 0 Å². The van der Waals surface area contributed by atoms with Crippen LogP contribution in [-0.2, 0) is 0 Å². The molecule has 0 radical (unpaired) electrons. The van der Waals surface area contributed by atoms with Crippen molar-refractivity contribution in [1.82, 2.24) is 20.0 Å². The minimum absolute atomic E-state index is 0.0332. The van der Waals surface area contributed by atoms with Gasteiger partial charge in [0, 0.05) is 19.1 Å². The monoisotopic (exact) mass is 261 g/mol. The van der Waals surface area contributed by atoms with Crippen LogP contribution < -0.4 is 5.73 Å². The van der Waals surface area contributed by atoms with E-state index in [9.17, 15) is 4.79 Å². The zero-order valence-corrected chi connectivity index (χ0v) is 11.0. The summed E-state index contributed by atoms with van der Waals surface area (Å²) in [6, 6.07) is 3.79. The highest BCUT2D eigenvalue weighted by molar-refractivity contribution is 5.92. The standard InChI is InChI=1S/C13H19N5O/c14-12-4-3-11(15-16-12)13(19)18-8-5-10(9-18)17-6-1-2-7-17/h3-4,10H,1-2,5-9H2,(H2,14,16). The molecule has 2 aliphatic rings. The molecule has 6 heteroatoms. The summed E-state index contributed by atoms with van der Waals surface area (Å²) >= 11 is 0. The SMILES string of the molecule is Nc1ccc(C(=O)N2CCC(N3CCCC3)C2)nn1. The highest BCUT2D eigenvalue weighted by atomic mass is 16.2. The van der Waals surface area contributed by atoms with E-state index in [4.69, 9.17) is 5.73 Å². The molecule has 0 aromatic carbocycles. The van der Waals surface area contributed by atoms with Crippen molar-refractivity contribution in [1.29, 1.82) is 0 Å². The Morgan fingerprint density at radius 2 is 2.00 bits per heavy atom. The molecule has 1 unspecified atom stereocenters. The first-order chi connectivity index (χ1) is 9.24. The zero-order valence-electron chi connectivity index (χ0n) is 11.0. The molecule has 0 saturated carbocycles. The van der Waals surface area contributed by atoms with Crippen LogP contribution in [0.4, 0.5) is 5.82 Å².